The number of carbonyl (C=O) groups is 2. The molecule has 0 radical (unpaired) electrons. The van der Waals surface area contributed by atoms with Gasteiger partial charge in [0, 0.05) is 52.0 Å². The summed E-state index contributed by atoms with van der Waals surface area (Å²) >= 11 is 4.91. The molecule has 0 N–H and O–H groups in total. The average Bonchev–Trinajstić information content (AvgIpc) is 3.01. The number of aromatic nitrogens is 1. The molecule has 190 valence electrons. The topological polar surface area (TPSA) is 68.6 Å². The number of benzene rings is 2. The third-order valence-electron chi connectivity index (χ3n) is 7.50. The molecule has 1 fully saturated rings. The number of ether oxygens (including phenoxy) is 1. The number of rotatable bonds is 2. The number of ketones is 1. The van der Waals surface area contributed by atoms with Crippen molar-refractivity contribution in [3.8, 4) is 5.75 Å². The molecule has 1 spiro atoms. The van der Waals surface area contributed by atoms with Gasteiger partial charge in [0.05, 0.1) is 11.5 Å². The Labute approximate surface area is 223 Å². The highest BCUT2D eigenvalue weighted by atomic mass is 79.9. The van der Waals surface area contributed by atoms with E-state index in [9.17, 15) is 18.8 Å². The number of hydrogen-bond acceptors (Lipinski definition) is 6. The van der Waals surface area contributed by atoms with Gasteiger partial charge in [-0.3, -0.25) is 24.1 Å². The van der Waals surface area contributed by atoms with Crippen molar-refractivity contribution in [1.29, 1.82) is 0 Å². The average molecular weight is 587 g/mol. The van der Waals surface area contributed by atoms with E-state index in [2.05, 4.69) is 15.9 Å². The van der Waals surface area contributed by atoms with Crippen molar-refractivity contribution in [3.63, 3.8) is 0 Å². The summed E-state index contributed by atoms with van der Waals surface area (Å²) in [7, 11) is 0. The second-order valence-electron chi connectivity index (χ2n) is 9.63. The van der Waals surface area contributed by atoms with Crippen molar-refractivity contribution in [1.82, 2.24) is 4.68 Å². The quantitative estimate of drug-likeness (QED) is 0.291. The van der Waals surface area contributed by atoms with Crippen molar-refractivity contribution in [2.75, 3.05) is 11.6 Å². The minimum absolute atomic E-state index is 0.00304. The lowest BCUT2D eigenvalue weighted by molar-refractivity contribution is -0.132. The first-order chi connectivity index (χ1) is 17.7. The Morgan fingerprint density at radius 3 is 2.65 bits per heavy atom. The molecule has 10 heteroatoms. The van der Waals surface area contributed by atoms with E-state index in [1.807, 2.05) is 29.3 Å². The first kappa shape index (κ1) is 24.4. The van der Waals surface area contributed by atoms with E-state index < -0.39 is 34.5 Å². The summed E-state index contributed by atoms with van der Waals surface area (Å²) in [6, 6.07) is 9.41. The fourth-order valence-electron chi connectivity index (χ4n) is 5.64. The Balaban J connectivity index is 1.67. The summed E-state index contributed by atoms with van der Waals surface area (Å²) in [5.74, 6) is -2.89. The summed E-state index contributed by atoms with van der Waals surface area (Å²) < 4.78 is 37.1. The summed E-state index contributed by atoms with van der Waals surface area (Å²) in [5, 5.41) is 1.92. The van der Waals surface area contributed by atoms with Crippen LogP contribution in [0.2, 0.25) is 0 Å². The summed E-state index contributed by atoms with van der Waals surface area (Å²) in [6.07, 6.45) is 3.55. The minimum Gasteiger partial charge on any atom is -0.420 e. The van der Waals surface area contributed by atoms with Gasteiger partial charge in [0.1, 0.15) is 0 Å². The predicted molar refractivity (Wildman–Crippen MR) is 138 cm³/mol. The smallest absolute Gasteiger partial charge is 0.308 e. The first-order valence-electron chi connectivity index (χ1n) is 11.9. The van der Waals surface area contributed by atoms with E-state index >= 15 is 4.39 Å². The molecule has 2 aromatic carbocycles. The zero-order valence-electron chi connectivity index (χ0n) is 19.7. The number of nitrogens with zero attached hydrogens (tertiary/aromatic N) is 2. The monoisotopic (exact) mass is 586 g/mol. The van der Waals surface area contributed by atoms with Gasteiger partial charge >= 0.3 is 5.97 Å². The third kappa shape index (κ3) is 3.67. The molecule has 1 aromatic heterocycles. The zero-order valence-corrected chi connectivity index (χ0v) is 22.1. The molecule has 6 nitrogen and oxygen atoms in total. The van der Waals surface area contributed by atoms with Gasteiger partial charge in [-0.15, -0.1) is 11.8 Å². The van der Waals surface area contributed by atoms with E-state index in [1.165, 1.54) is 30.9 Å². The normalized spacial score (nSPS) is 19.4. The van der Waals surface area contributed by atoms with Gasteiger partial charge in [-0.1, -0.05) is 40.5 Å². The lowest BCUT2D eigenvalue weighted by Crippen LogP contribution is -2.59. The highest BCUT2D eigenvalue weighted by molar-refractivity contribution is 9.10. The molecule has 1 saturated carbocycles. The molecule has 0 bridgehead atoms. The Morgan fingerprint density at radius 2 is 1.95 bits per heavy atom. The van der Waals surface area contributed by atoms with Crippen LogP contribution in [0.3, 0.4) is 0 Å². The lowest BCUT2D eigenvalue weighted by atomic mass is 9.64. The molecule has 0 saturated heterocycles. The number of hydrogen-bond donors (Lipinski definition) is 0. The number of carbonyl (C=O) groups excluding carboxylic acids is 2. The summed E-state index contributed by atoms with van der Waals surface area (Å²) in [6.45, 7) is 1.48. The number of thioether (sulfide) groups is 1. The van der Waals surface area contributed by atoms with Crippen molar-refractivity contribution in [2.45, 2.75) is 42.9 Å². The maximum absolute atomic E-state index is 15.3. The molecular weight excluding hydrogens is 566 g/mol. The molecular formula is C27H21BrF2N2O4S. The Bertz CT molecular complexity index is 1550. The largest absolute Gasteiger partial charge is 0.420 e. The van der Waals surface area contributed by atoms with Crippen LogP contribution >= 0.6 is 27.7 Å². The maximum atomic E-state index is 15.3. The second kappa shape index (κ2) is 8.80. The second-order valence-corrected chi connectivity index (χ2v) is 11.5. The van der Waals surface area contributed by atoms with Gasteiger partial charge in [0.15, 0.2) is 23.1 Å². The summed E-state index contributed by atoms with van der Waals surface area (Å²) in [5.41, 5.74) is 0.308. The van der Waals surface area contributed by atoms with Gasteiger partial charge < -0.3 is 4.74 Å². The van der Waals surface area contributed by atoms with Crippen LogP contribution in [0.15, 0.2) is 56.8 Å². The number of fused-ring (bicyclic) bond motifs is 3. The van der Waals surface area contributed by atoms with Crippen LogP contribution < -0.4 is 15.2 Å². The Hall–Kier alpha value is -2.98. The van der Waals surface area contributed by atoms with Crippen molar-refractivity contribution in [2.24, 2.45) is 5.41 Å². The molecule has 6 rings (SSSR count). The molecule has 3 heterocycles. The fraction of sp³-hybridized carbons (Fsp3) is 0.296. The van der Waals surface area contributed by atoms with Crippen LogP contribution in [0.4, 0.5) is 8.78 Å². The molecule has 1 aliphatic carbocycles. The third-order valence-corrected chi connectivity index (χ3v) is 9.27. The maximum Gasteiger partial charge on any atom is 0.308 e. The van der Waals surface area contributed by atoms with Crippen LogP contribution in [0.5, 0.6) is 5.75 Å². The van der Waals surface area contributed by atoms with Crippen LogP contribution in [-0.4, -0.2) is 23.0 Å². The lowest BCUT2D eigenvalue weighted by Gasteiger charge is -2.51. The Kier molecular flexibility index (Phi) is 5.80. The van der Waals surface area contributed by atoms with E-state index in [-0.39, 0.29) is 28.5 Å². The van der Waals surface area contributed by atoms with Crippen molar-refractivity contribution in [3.05, 3.63) is 91.3 Å². The predicted octanol–water partition coefficient (Wildman–Crippen LogP) is 5.51. The summed E-state index contributed by atoms with van der Waals surface area (Å²) in [4.78, 5) is 39.4. The molecule has 3 aromatic rings. The molecule has 0 amide bonds. The van der Waals surface area contributed by atoms with Gasteiger partial charge in [-0.2, -0.15) is 0 Å². The number of halogens is 3. The van der Waals surface area contributed by atoms with Gasteiger partial charge in [-0.25, -0.2) is 8.78 Å². The van der Waals surface area contributed by atoms with E-state index in [1.54, 1.807) is 4.68 Å². The van der Waals surface area contributed by atoms with Crippen molar-refractivity contribution < 1.29 is 23.1 Å². The highest BCUT2D eigenvalue weighted by Crippen LogP contribution is 2.52. The zero-order chi connectivity index (χ0) is 26.1. The Morgan fingerprint density at radius 1 is 1.19 bits per heavy atom. The minimum atomic E-state index is -0.943. The number of pyridine rings is 1. The molecule has 3 aliphatic rings. The fourth-order valence-corrected chi connectivity index (χ4v) is 7.40. The van der Waals surface area contributed by atoms with Gasteiger partial charge in [0.25, 0.3) is 0 Å². The van der Waals surface area contributed by atoms with Crippen LogP contribution in [0.25, 0.3) is 0 Å². The van der Waals surface area contributed by atoms with E-state index in [0.29, 0.717) is 29.4 Å². The SMILES string of the molecule is CC(=O)Oc1c2n(ccc1=O)N(C1c3ccccc3SCc3c(F)c(F)cc(Br)c31)CC1(CCC1)C2=O. The van der Waals surface area contributed by atoms with Crippen LogP contribution in [0.1, 0.15) is 59.4 Å². The number of esters is 1. The molecule has 1 unspecified atom stereocenters. The molecule has 2 aliphatic heterocycles. The van der Waals surface area contributed by atoms with E-state index in [4.69, 9.17) is 4.74 Å². The highest BCUT2D eigenvalue weighted by Gasteiger charge is 2.53. The molecule has 37 heavy (non-hydrogen) atoms. The van der Waals surface area contributed by atoms with Crippen LogP contribution in [0, 0.1) is 17.0 Å². The molecule has 1 atom stereocenters. The van der Waals surface area contributed by atoms with E-state index in [0.717, 1.165) is 22.9 Å². The van der Waals surface area contributed by atoms with Gasteiger partial charge in [0.2, 0.25) is 11.2 Å². The first-order valence-corrected chi connectivity index (χ1v) is 13.6. The van der Waals surface area contributed by atoms with Gasteiger partial charge in [-0.05, 0) is 30.5 Å². The number of Topliss-reactive ketones (excluding diaryl/α,β-unsaturated/α-hetero) is 1. The standard InChI is InChI=1S/C27H21BrF2N2O4S/c1-14(33)36-25-19(34)7-10-31-24(25)26(35)27(8-4-9-27)13-32(31)23-15-5-2-3-6-20(15)37-12-16-21(23)17(28)11-18(29)22(16)30/h2-3,5-7,10-11,23H,4,8-9,12-13H2,1H3. The van der Waals surface area contributed by atoms with Crippen LogP contribution in [-0.2, 0) is 10.5 Å². The van der Waals surface area contributed by atoms with Crippen molar-refractivity contribution >= 4 is 39.4 Å².